The number of aromatic nitrogens is 1. The van der Waals surface area contributed by atoms with Crippen LogP contribution in [-0.4, -0.2) is 23.3 Å². The molecule has 0 saturated heterocycles. The number of aryl methyl sites for hydroxylation is 1. The molecule has 0 radical (unpaired) electrons. The van der Waals surface area contributed by atoms with Gasteiger partial charge in [0.1, 0.15) is 0 Å². The number of pyridine rings is 1. The molecule has 0 amide bonds. The maximum atomic E-state index is 9.34. The molecule has 0 fully saturated rings. The van der Waals surface area contributed by atoms with E-state index in [1.807, 2.05) is 6.92 Å². The van der Waals surface area contributed by atoms with E-state index in [9.17, 15) is 5.11 Å². The summed E-state index contributed by atoms with van der Waals surface area (Å²) in [6.45, 7) is 3.58. The first-order valence-corrected chi connectivity index (χ1v) is 4.50. The first-order valence-electron chi connectivity index (χ1n) is 4.50. The third-order valence-electron chi connectivity index (χ3n) is 2.21. The summed E-state index contributed by atoms with van der Waals surface area (Å²) in [7, 11) is 1.57. The third-order valence-corrected chi connectivity index (χ3v) is 2.21. The second kappa shape index (κ2) is 4.39. The Kier molecular flexibility index (Phi) is 3.43. The van der Waals surface area contributed by atoms with Crippen molar-refractivity contribution in [3.05, 3.63) is 23.4 Å². The second-order valence-corrected chi connectivity index (χ2v) is 3.35. The zero-order chi connectivity index (χ0) is 10.7. The van der Waals surface area contributed by atoms with Gasteiger partial charge in [-0.15, -0.1) is 0 Å². The molecule has 78 valence electrons. The number of rotatable bonds is 3. The highest BCUT2D eigenvalue weighted by molar-refractivity contribution is 5.30. The summed E-state index contributed by atoms with van der Waals surface area (Å²) in [4.78, 5) is 4.05. The topological polar surface area (TPSA) is 68.4 Å². The minimum Gasteiger partial charge on any atom is -0.481 e. The van der Waals surface area contributed by atoms with E-state index in [0.717, 1.165) is 11.1 Å². The Bertz CT molecular complexity index is 313. The van der Waals surface area contributed by atoms with Crippen LogP contribution in [0.25, 0.3) is 0 Å². The Morgan fingerprint density at radius 2 is 2.21 bits per heavy atom. The molecule has 2 atom stereocenters. The van der Waals surface area contributed by atoms with Crippen LogP contribution in [-0.2, 0) is 0 Å². The Hall–Kier alpha value is -1.13. The predicted octanol–water partition coefficient (Wildman–Crippen LogP) is 0.779. The van der Waals surface area contributed by atoms with E-state index in [4.69, 9.17) is 10.5 Å². The average molecular weight is 196 g/mol. The highest BCUT2D eigenvalue weighted by Crippen LogP contribution is 2.20. The van der Waals surface area contributed by atoms with Gasteiger partial charge in [0.25, 0.3) is 0 Å². The van der Waals surface area contributed by atoms with Crippen LogP contribution in [0, 0.1) is 6.92 Å². The van der Waals surface area contributed by atoms with Gasteiger partial charge in [-0.25, -0.2) is 4.98 Å². The van der Waals surface area contributed by atoms with Gasteiger partial charge in [0.05, 0.1) is 19.3 Å². The molecule has 1 rings (SSSR count). The van der Waals surface area contributed by atoms with E-state index in [0.29, 0.717) is 5.88 Å². The van der Waals surface area contributed by atoms with Crippen LogP contribution >= 0.6 is 0 Å². The lowest BCUT2D eigenvalue weighted by atomic mass is 10.0. The second-order valence-electron chi connectivity index (χ2n) is 3.35. The van der Waals surface area contributed by atoms with Gasteiger partial charge in [-0.1, -0.05) is 0 Å². The molecular formula is C10H16N2O2. The van der Waals surface area contributed by atoms with E-state index >= 15 is 0 Å². The highest BCUT2D eigenvalue weighted by atomic mass is 16.5. The zero-order valence-electron chi connectivity index (χ0n) is 8.69. The fraction of sp³-hybridized carbons (Fsp3) is 0.500. The van der Waals surface area contributed by atoms with Gasteiger partial charge in [0, 0.05) is 12.3 Å². The Morgan fingerprint density at radius 1 is 1.57 bits per heavy atom. The molecule has 14 heavy (non-hydrogen) atoms. The Labute approximate surface area is 83.7 Å². The van der Waals surface area contributed by atoms with Crippen molar-refractivity contribution in [3.8, 4) is 5.88 Å². The van der Waals surface area contributed by atoms with Crippen molar-refractivity contribution in [3.63, 3.8) is 0 Å². The molecule has 4 nitrogen and oxygen atoms in total. The normalized spacial score (nSPS) is 14.9. The number of aliphatic hydroxyl groups excluding tert-OH is 1. The van der Waals surface area contributed by atoms with E-state index in [1.165, 1.54) is 0 Å². The average Bonchev–Trinajstić information content (AvgIpc) is 2.16. The lowest BCUT2D eigenvalue weighted by Crippen LogP contribution is -2.24. The smallest absolute Gasteiger partial charge is 0.213 e. The van der Waals surface area contributed by atoms with Crippen molar-refractivity contribution in [2.75, 3.05) is 7.11 Å². The molecule has 0 aromatic carbocycles. The molecule has 0 spiro atoms. The fourth-order valence-electron chi connectivity index (χ4n) is 1.26. The SMILES string of the molecule is COc1cc(C)c([C@@H](N)[C@@H](C)O)cn1. The predicted molar refractivity (Wildman–Crippen MR) is 54.1 cm³/mol. The number of hydrogen-bond acceptors (Lipinski definition) is 4. The molecular weight excluding hydrogens is 180 g/mol. The highest BCUT2D eigenvalue weighted by Gasteiger charge is 2.15. The third kappa shape index (κ3) is 2.21. The maximum absolute atomic E-state index is 9.34. The molecule has 0 unspecified atom stereocenters. The Balaban J connectivity index is 2.99. The van der Waals surface area contributed by atoms with Gasteiger partial charge in [0.2, 0.25) is 5.88 Å². The van der Waals surface area contributed by atoms with Crippen LogP contribution in [0.4, 0.5) is 0 Å². The number of ether oxygens (including phenoxy) is 1. The van der Waals surface area contributed by atoms with E-state index in [2.05, 4.69) is 4.98 Å². The standard InChI is InChI=1S/C10H16N2O2/c1-6-4-9(14-3)12-5-8(6)10(11)7(2)13/h4-5,7,10,13H,11H2,1-3H3/t7-,10+/m1/s1. The van der Waals surface area contributed by atoms with Gasteiger partial charge >= 0.3 is 0 Å². The maximum Gasteiger partial charge on any atom is 0.213 e. The first-order chi connectivity index (χ1) is 6.56. The van der Waals surface area contributed by atoms with Crippen molar-refractivity contribution in [2.24, 2.45) is 5.73 Å². The van der Waals surface area contributed by atoms with Crippen molar-refractivity contribution >= 4 is 0 Å². The monoisotopic (exact) mass is 196 g/mol. The summed E-state index contributed by atoms with van der Waals surface area (Å²) in [6.07, 6.45) is 1.06. The fourth-order valence-corrected chi connectivity index (χ4v) is 1.26. The van der Waals surface area contributed by atoms with Crippen LogP contribution in [0.5, 0.6) is 5.88 Å². The quantitative estimate of drug-likeness (QED) is 0.749. The Morgan fingerprint density at radius 3 is 2.64 bits per heavy atom. The zero-order valence-corrected chi connectivity index (χ0v) is 8.69. The largest absolute Gasteiger partial charge is 0.481 e. The summed E-state index contributed by atoms with van der Waals surface area (Å²) in [5.74, 6) is 0.559. The molecule has 1 heterocycles. The molecule has 0 saturated carbocycles. The number of methoxy groups -OCH3 is 1. The van der Waals surface area contributed by atoms with Crippen molar-refractivity contribution < 1.29 is 9.84 Å². The summed E-state index contributed by atoms with van der Waals surface area (Å²) >= 11 is 0. The molecule has 0 aliphatic heterocycles. The van der Waals surface area contributed by atoms with Crippen LogP contribution < -0.4 is 10.5 Å². The molecule has 3 N–H and O–H groups in total. The summed E-state index contributed by atoms with van der Waals surface area (Å²) in [5, 5.41) is 9.34. The summed E-state index contributed by atoms with van der Waals surface area (Å²) in [6, 6.07) is 1.41. The lowest BCUT2D eigenvalue weighted by Gasteiger charge is -2.17. The van der Waals surface area contributed by atoms with Gasteiger partial charge < -0.3 is 15.6 Å². The number of nitrogens with zero attached hydrogens (tertiary/aromatic N) is 1. The van der Waals surface area contributed by atoms with Gasteiger partial charge in [0.15, 0.2) is 0 Å². The van der Waals surface area contributed by atoms with E-state index in [-0.39, 0.29) is 0 Å². The number of nitrogens with two attached hydrogens (primary N) is 1. The van der Waals surface area contributed by atoms with E-state index in [1.54, 1.807) is 26.3 Å². The molecule has 0 bridgehead atoms. The number of aliphatic hydroxyl groups is 1. The molecule has 4 heteroatoms. The van der Waals surface area contributed by atoms with Crippen molar-refractivity contribution in [1.29, 1.82) is 0 Å². The first kappa shape index (κ1) is 10.9. The molecule has 0 aliphatic carbocycles. The van der Waals surface area contributed by atoms with E-state index < -0.39 is 12.1 Å². The van der Waals surface area contributed by atoms with Gasteiger partial charge in [-0.3, -0.25) is 0 Å². The molecule has 1 aromatic heterocycles. The minimum absolute atomic E-state index is 0.395. The van der Waals surface area contributed by atoms with Gasteiger partial charge in [-0.05, 0) is 25.0 Å². The van der Waals surface area contributed by atoms with Crippen molar-refractivity contribution in [1.82, 2.24) is 4.98 Å². The summed E-state index contributed by atoms with van der Waals surface area (Å²) < 4.78 is 4.98. The molecule has 1 aromatic rings. The van der Waals surface area contributed by atoms with Crippen LogP contribution in [0.3, 0.4) is 0 Å². The van der Waals surface area contributed by atoms with Crippen LogP contribution in [0.15, 0.2) is 12.3 Å². The van der Waals surface area contributed by atoms with Crippen LogP contribution in [0.2, 0.25) is 0 Å². The van der Waals surface area contributed by atoms with Crippen LogP contribution in [0.1, 0.15) is 24.1 Å². The molecule has 0 aliphatic rings. The summed E-state index contributed by atoms with van der Waals surface area (Å²) in [5.41, 5.74) is 7.62. The van der Waals surface area contributed by atoms with Crippen molar-refractivity contribution in [2.45, 2.75) is 26.0 Å². The van der Waals surface area contributed by atoms with Gasteiger partial charge in [-0.2, -0.15) is 0 Å². The minimum atomic E-state index is -0.580. The lowest BCUT2D eigenvalue weighted by molar-refractivity contribution is 0.164. The number of hydrogen-bond donors (Lipinski definition) is 2.